The molecule has 2 aromatic carbocycles. The number of hydrogen-bond acceptors (Lipinski definition) is 5. The molecule has 0 unspecified atom stereocenters. The second-order valence-electron chi connectivity index (χ2n) is 12.6. The summed E-state index contributed by atoms with van der Waals surface area (Å²) < 4.78 is 12.0. The summed E-state index contributed by atoms with van der Waals surface area (Å²) in [5.41, 5.74) is 12.4. The summed E-state index contributed by atoms with van der Waals surface area (Å²) in [5, 5.41) is 2.88. The molecule has 0 aliphatic heterocycles. The second-order valence-corrected chi connectivity index (χ2v) is 12.6. The van der Waals surface area contributed by atoms with Crippen LogP contribution in [0.1, 0.15) is 75.2 Å². The lowest BCUT2D eigenvalue weighted by Gasteiger charge is -2.25. The molecule has 7 heteroatoms. The first-order valence-electron chi connectivity index (χ1n) is 13.6. The van der Waals surface area contributed by atoms with Crippen LogP contribution in [0.5, 0.6) is 5.75 Å². The first-order chi connectivity index (χ1) is 18.6. The van der Waals surface area contributed by atoms with Crippen LogP contribution in [0.15, 0.2) is 48.5 Å². The number of aromatic nitrogens is 1. The first-order valence-corrected chi connectivity index (χ1v) is 13.6. The zero-order valence-corrected chi connectivity index (χ0v) is 25.1. The van der Waals surface area contributed by atoms with Gasteiger partial charge < -0.3 is 20.5 Å². The quantitative estimate of drug-likeness (QED) is 0.316. The number of nitrogens with two attached hydrogens (primary N) is 1. The molecular weight excluding hydrogens is 502 g/mol. The third-order valence-corrected chi connectivity index (χ3v) is 6.24. The number of benzene rings is 2. The van der Waals surface area contributed by atoms with Gasteiger partial charge in [-0.2, -0.15) is 0 Å². The minimum absolute atomic E-state index is 0.0307. The van der Waals surface area contributed by atoms with Gasteiger partial charge in [0.2, 0.25) is 5.91 Å². The minimum Gasteiger partial charge on any atom is -0.489 e. The van der Waals surface area contributed by atoms with Gasteiger partial charge in [0, 0.05) is 28.1 Å². The monoisotopic (exact) mass is 545 g/mol. The number of ether oxygens (including phenoxy) is 2. The Hall–Kier alpha value is -3.87. The van der Waals surface area contributed by atoms with Crippen LogP contribution in [0.3, 0.4) is 0 Å². The number of carbonyl (C=O) groups is 2. The van der Waals surface area contributed by atoms with Crippen LogP contribution in [0, 0.1) is 19.3 Å². The third kappa shape index (κ3) is 9.11. The maximum atomic E-state index is 12.7. The molecule has 214 valence electrons. The van der Waals surface area contributed by atoms with E-state index in [1.807, 2.05) is 52.0 Å². The van der Waals surface area contributed by atoms with Crippen LogP contribution in [0.4, 0.5) is 4.79 Å². The molecule has 0 aliphatic carbocycles. The smallest absolute Gasteiger partial charge is 0.407 e. The zero-order chi connectivity index (χ0) is 29.7. The van der Waals surface area contributed by atoms with Crippen molar-refractivity contribution in [2.45, 2.75) is 87.0 Å². The van der Waals surface area contributed by atoms with Crippen LogP contribution < -0.4 is 15.8 Å². The molecule has 1 aromatic heterocycles. The molecule has 0 bridgehead atoms. The van der Waals surface area contributed by atoms with Crippen LogP contribution in [-0.2, 0) is 35.6 Å². The lowest BCUT2D eigenvalue weighted by Crippen LogP contribution is -2.40. The lowest BCUT2D eigenvalue weighted by atomic mass is 9.85. The van der Waals surface area contributed by atoms with E-state index in [4.69, 9.17) is 20.2 Å². The van der Waals surface area contributed by atoms with Gasteiger partial charge in [-0.25, -0.2) is 4.79 Å². The van der Waals surface area contributed by atoms with Crippen LogP contribution >= 0.6 is 0 Å². The van der Waals surface area contributed by atoms with E-state index in [1.165, 1.54) is 0 Å². The fraction of sp³-hybridized carbons (Fsp3) is 0.424. The summed E-state index contributed by atoms with van der Waals surface area (Å²) in [6, 6.07) is 15.7. The summed E-state index contributed by atoms with van der Waals surface area (Å²) in [7, 11) is 0. The average Bonchev–Trinajstić information content (AvgIpc) is 2.81. The molecule has 3 aromatic rings. The SMILES string of the molecule is Cc1ccc(-c2c(COc3ccc(CC(N)=O)cc3)c(C)nc(CC(C)(C)C)c2COC(=O)NC(C)(C)C)cc1. The fourth-order valence-electron chi connectivity index (χ4n) is 4.43. The minimum atomic E-state index is -0.474. The van der Waals surface area contributed by atoms with E-state index in [0.717, 1.165) is 51.2 Å². The normalized spacial score (nSPS) is 11.7. The molecule has 3 rings (SSSR count). The van der Waals surface area contributed by atoms with Gasteiger partial charge in [-0.1, -0.05) is 62.7 Å². The first kappa shape index (κ1) is 30.7. The molecule has 7 nitrogen and oxygen atoms in total. The molecule has 0 saturated carbocycles. The Morgan fingerprint density at radius 3 is 2.05 bits per heavy atom. The van der Waals surface area contributed by atoms with Crippen molar-refractivity contribution in [2.75, 3.05) is 0 Å². The van der Waals surface area contributed by atoms with Gasteiger partial charge in [0.15, 0.2) is 0 Å². The number of pyridine rings is 1. The number of primary amides is 1. The summed E-state index contributed by atoms with van der Waals surface area (Å²) in [6.45, 7) is 16.7. The summed E-state index contributed by atoms with van der Waals surface area (Å²) >= 11 is 0. The molecule has 0 aliphatic rings. The van der Waals surface area contributed by atoms with Gasteiger partial charge >= 0.3 is 6.09 Å². The van der Waals surface area contributed by atoms with Crippen molar-refractivity contribution >= 4 is 12.0 Å². The number of hydrogen-bond donors (Lipinski definition) is 2. The van der Waals surface area contributed by atoms with E-state index in [2.05, 4.69) is 57.3 Å². The van der Waals surface area contributed by atoms with E-state index < -0.39 is 11.6 Å². The Balaban J connectivity index is 2.08. The Morgan fingerprint density at radius 2 is 1.50 bits per heavy atom. The maximum absolute atomic E-state index is 12.7. The summed E-state index contributed by atoms with van der Waals surface area (Å²) in [6.07, 6.45) is 0.426. The van der Waals surface area contributed by atoms with Crippen LogP contribution in [-0.4, -0.2) is 22.5 Å². The van der Waals surface area contributed by atoms with Gasteiger partial charge in [-0.3, -0.25) is 9.78 Å². The van der Waals surface area contributed by atoms with E-state index >= 15 is 0 Å². The highest BCUT2D eigenvalue weighted by molar-refractivity contribution is 5.76. The number of aryl methyl sites for hydroxylation is 2. The van der Waals surface area contributed by atoms with E-state index in [9.17, 15) is 9.59 Å². The van der Waals surface area contributed by atoms with Gasteiger partial charge in [-0.05, 0) is 75.3 Å². The molecule has 1 heterocycles. The fourth-order valence-corrected chi connectivity index (χ4v) is 4.43. The number of nitrogens with one attached hydrogen (secondary N) is 1. The van der Waals surface area contributed by atoms with Crippen molar-refractivity contribution in [3.05, 3.63) is 82.2 Å². The van der Waals surface area contributed by atoms with E-state index in [-0.39, 0.29) is 31.0 Å². The maximum Gasteiger partial charge on any atom is 0.407 e. The van der Waals surface area contributed by atoms with Crippen molar-refractivity contribution < 1.29 is 19.1 Å². The lowest BCUT2D eigenvalue weighted by molar-refractivity contribution is -0.117. The molecule has 40 heavy (non-hydrogen) atoms. The topological polar surface area (TPSA) is 104 Å². The zero-order valence-electron chi connectivity index (χ0n) is 25.1. The Kier molecular flexibility index (Phi) is 9.61. The third-order valence-electron chi connectivity index (χ3n) is 6.24. The molecule has 0 radical (unpaired) electrons. The second kappa shape index (κ2) is 12.5. The summed E-state index contributed by atoms with van der Waals surface area (Å²) in [5.74, 6) is 0.294. The molecular formula is C33H43N3O4. The van der Waals surface area contributed by atoms with Crippen molar-refractivity contribution in [1.82, 2.24) is 10.3 Å². The molecule has 0 spiro atoms. The van der Waals surface area contributed by atoms with E-state index in [0.29, 0.717) is 5.75 Å². The predicted octanol–water partition coefficient (Wildman–Crippen LogP) is 6.59. The Labute approximate surface area is 238 Å². The molecule has 2 amide bonds. The molecule has 0 fully saturated rings. The summed E-state index contributed by atoms with van der Waals surface area (Å²) in [4.78, 5) is 29.0. The predicted molar refractivity (Wildman–Crippen MR) is 159 cm³/mol. The van der Waals surface area contributed by atoms with Crippen LogP contribution in [0.2, 0.25) is 0 Å². The van der Waals surface area contributed by atoms with Crippen molar-refractivity contribution in [2.24, 2.45) is 11.1 Å². The van der Waals surface area contributed by atoms with Crippen molar-refractivity contribution in [1.29, 1.82) is 0 Å². The highest BCUT2D eigenvalue weighted by Gasteiger charge is 2.25. The number of rotatable bonds is 9. The van der Waals surface area contributed by atoms with Crippen LogP contribution in [0.25, 0.3) is 11.1 Å². The number of carbonyl (C=O) groups excluding carboxylic acids is 2. The highest BCUT2D eigenvalue weighted by Crippen LogP contribution is 2.35. The Morgan fingerprint density at radius 1 is 0.875 bits per heavy atom. The van der Waals surface area contributed by atoms with Gasteiger partial charge in [0.25, 0.3) is 0 Å². The number of amides is 2. The average molecular weight is 546 g/mol. The highest BCUT2D eigenvalue weighted by atomic mass is 16.5. The number of alkyl carbamates (subject to hydrolysis) is 1. The molecule has 3 N–H and O–H groups in total. The number of nitrogens with zero attached hydrogens (tertiary/aromatic N) is 1. The molecule has 0 saturated heterocycles. The Bertz CT molecular complexity index is 1330. The standard InChI is InChI=1S/C33H43N3O4/c1-21-9-13-24(14-10-21)30-26(19-39-25-15-11-23(12-16-25)17-29(34)37)22(2)35-28(18-32(3,4)5)27(30)20-40-31(38)36-33(6,7)8/h9-16H,17-20H2,1-8H3,(H2,34,37)(H,36,38). The largest absolute Gasteiger partial charge is 0.489 e. The van der Waals surface area contributed by atoms with Crippen molar-refractivity contribution in [3.63, 3.8) is 0 Å². The van der Waals surface area contributed by atoms with Gasteiger partial charge in [0.05, 0.1) is 6.42 Å². The van der Waals surface area contributed by atoms with E-state index in [1.54, 1.807) is 0 Å². The van der Waals surface area contributed by atoms with Crippen molar-refractivity contribution in [3.8, 4) is 16.9 Å². The van der Waals surface area contributed by atoms with Gasteiger partial charge in [0.1, 0.15) is 19.0 Å². The molecule has 0 atom stereocenters. The van der Waals surface area contributed by atoms with Gasteiger partial charge in [-0.15, -0.1) is 0 Å².